The van der Waals surface area contributed by atoms with Crippen molar-refractivity contribution in [1.82, 2.24) is 4.90 Å². The molecule has 0 bridgehead atoms. The molecule has 4 atom stereocenters. The summed E-state index contributed by atoms with van der Waals surface area (Å²) in [6.45, 7) is 0.560. The van der Waals surface area contributed by atoms with Crippen LogP contribution in [-0.2, 0) is 20.5 Å². The van der Waals surface area contributed by atoms with Crippen LogP contribution in [0.4, 0.5) is 11.4 Å². The van der Waals surface area contributed by atoms with Crippen molar-refractivity contribution in [3.63, 3.8) is 0 Å². The molecule has 7 rings (SSSR count). The van der Waals surface area contributed by atoms with Crippen molar-refractivity contribution in [3.05, 3.63) is 82.4 Å². The first-order valence-electron chi connectivity index (χ1n) is 13.0. The predicted molar refractivity (Wildman–Crippen MR) is 146 cm³/mol. The second-order valence-corrected chi connectivity index (χ2v) is 10.9. The van der Waals surface area contributed by atoms with Gasteiger partial charge < -0.3 is 20.1 Å². The van der Waals surface area contributed by atoms with Crippen LogP contribution < -0.4 is 20.1 Å². The Hall–Kier alpha value is -3.88. The number of Topliss-reactive ketones (excluding diaryl/α,β-unsaturated/α-hetero) is 1. The molecule has 0 aromatic heterocycles. The lowest BCUT2D eigenvalue weighted by Crippen LogP contribution is -2.62. The monoisotopic (exact) mass is 543 g/mol. The summed E-state index contributed by atoms with van der Waals surface area (Å²) in [6, 6.07) is 17.4. The summed E-state index contributed by atoms with van der Waals surface area (Å²) >= 11 is 6.61. The van der Waals surface area contributed by atoms with Gasteiger partial charge in [0.2, 0.25) is 5.91 Å². The number of anilines is 2. The van der Waals surface area contributed by atoms with Gasteiger partial charge in [-0.2, -0.15) is 0 Å². The second kappa shape index (κ2) is 8.31. The number of ketones is 1. The van der Waals surface area contributed by atoms with E-state index in [2.05, 4.69) is 15.5 Å². The highest BCUT2D eigenvalue weighted by Crippen LogP contribution is 2.68. The fraction of sp³-hybridized carbons (Fsp3) is 0.300. The van der Waals surface area contributed by atoms with Crippen LogP contribution in [0.15, 0.2) is 60.7 Å². The lowest BCUT2D eigenvalue weighted by atomic mass is 9.57. The first-order chi connectivity index (χ1) is 18.9. The van der Waals surface area contributed by atoms with E-state index in [1.807, 2.05) is 30.3 Å². The largest absolute Gasteiger partial charge is 0.497 e. The number of nitrogens with one attached hydrogen (secondary N) is 2. The molecule has 4 heterocycles. The fourth-order valence-electron chi connectivity index (χ4n) is 7.74. The molecule has 2 amide bonds. The zero-order valence-corrected chi connectivity index (χ0v) is 22.2. The number of para-hydroxylation sites is 2. The van der Waals surface area contributed by atoms with E-state index in [1.54, 1.807) is 37.4 Å². The maximum Gasteiger partial charge on any atom is 0.251 e. The molecule has 4 aliphatic rings. The van der Waals surface area contributed by atoms with E-state index >= 15 is 0 Å². The Balaban J connectivity index is 1.57. The zero-order chi connectivity index (χ0) is 27.1. The van der Waals surface area contributed by atoms with Crippen molar-refractivity contribution < 1.29 is 23.9 Å². The van der Waals surface area contributed by atoms with Crippen molar-refractivity contribution in [1.29, 1.82) is 0 Å². The van der Waals surface area contributed by atoms with Crippen molar-refractivity contribution >= 4 is 40.6 Å². The molecule has 0 radical (unpaired) electrons. The number of nitrogens with zero attached hydrogens (tertiary/aromatic N) is 1. The average molecular weight is 544 g/mol. The van der Waals surface area contributed by atoms with E-state index in [1.165, 1.54) is 7.11 Å². The van der Waals surface area contributed by atoms with Gasteiger partial charge in [0, 0.05) is 23.4 Å². The predicted octanol–water partition coefficient (Wildman–Crippen LogP) is 4.37. The summed E-state index contributed by atoms with van der Waals surface area (Å²) in [4.78, 5) is 45.9. The molecule has 39 heavy (non-hydrogen) atoms. The van der Waals surface area contributed by atoms with Crippen LogP contribution in [0, 0.1) is 5.92 Å². The number of hydrogen-bond donors (Lipinski definition) is 2. The van der Waals surface area contributed by atoms with Crippen molar-refractivity contribution in [3.8, 4) is 11.5 Å². The summed E-state index contributed by atoms with van der Waals surface area (Å²) in [6.07, 6.45) is 1.45. The molecule has 2 fully saturated rings. The highest BCUT2D eigenvalue weighted by molar-refractivity contribution is 6.35. The number of halogens is 1. The van der Waals surface area contributed by atoms with Crippen LogP contribution in [0.5, 0.6) is 11.5 Å². The number of methoxy groups -OCH3 is 2. The molecule has 0 unspecified atom stereocenters. The Morgan fingerprint density at radius 1 is 0.974 bits per heavy atom. The van der Waals surface area contributed by atoms with Gasteiger partial charge in [0.1, 0.15) is 22.5 Å². The SMILES string of the molecule is COc1ccc(C(=O)[C@H]2[C@H]3CCCN3[C@]3(C(=O)Nc4c(Cl)cccc43)[C@]23C(=O)Nc2ccccc23)c(OC)c1. The van der Waals surface area contributed by atoms with E-state index in [0.717, 1.165) is 6.42 Å². The number of hydrogen-bond acceptors (Lipinski definition) is 6. The third-order valence-corrected chi connectivity index (χ3v) is 9.35. The Morgan fingerprint density at radius 3 is 2.56 bits per heavy atom. The van der Waals surface area contributed by atoms with E-state index in [0.29, 0.717) is 57.6 Å². The third kappa shape index (κ3) is 2.75. The fourth-order valence-corrected chi connectivity index (χ4v) is 7.96. The molecular formula is C30H26ClN3O5. The molecule has 0 aliphatic carbocycles. The van der Waals surface area contributed by atoms with Gasteiger partial charge in [0.25, 0.3) is 5.91 Å². The van der Waals surface area contributed by atoms with Crippen LogP contribution in [0.1, 0.15) is 34.3 Å². The number of carbonyl (C=O) groups is 3. The quantitative estimate of drug-likeness (QED) is 0.474. The maximum atomic E-state index is 14.8. The third-order valence-electron chi connectivity index (χ3n) is 9.04. The number of benzene rings is 3. The highest BCUT2D eigenvalue weighted by atomic mass is 35.5. The number of amides is 2. The minimum atomic E-state index is -1.54. The van der Waals surface area contributed by atoms with Crippen LogP contribution >= 0.6 is 11.6 Å². The maximum absolute atomic E-state index is 14.8. The number of carbonyl (C=O) groups excluding carboxylic acids is 3. The smallest absolute Gasteiger partial charge is 0.251 e. The van der Waals surface area contributed by atoms with Gasteiger partial charge in [-0.25, -0.2) is 0 Å². The van der Waals surface area contributed by atoms with Crippen LogP contribution in [0.25, 0.3) is 0 Å². The molecule has 3 aromatic carbocycles. The number of ether oxygens (including phenoxy) is 2. The molecule has 2 saturated heterocycles. The molecule has 4 aliphatic heterocycles. The molecule has 198 valence electrons. The first kappa shape index (κ1) is 24.2. The van der Waals surface area contributed by atoms with Gasteiger partial charge in [-0.15, -0.1) is 0 Å². The summed E-state index contributed by atoms with van der Waals surface area (Å²) < 4.78 is 11.0. The van der Waals surface area contributed by atoms with Gasteiger partial charge in [0.05, 0.1) is 36.4 Å². The number of rotatable bonds is 4. The lowest BCUT2D eigenvalue weighted by Gasteiger charge is -2.43. The normalized spacial score (nSPS) is 28.3. The van der Waals surface area contributed by atoms with E-state index in [4.69, 9.17) is 21.1 Å². The first-order valence-corrected chi connectivity index (χ1v) is 13.3. The Bertz CT molecular complexity index is 1590. The minimum Gasteiger partial charge on any atom is -0.497 e. The Labute approximate surface area is 230 Å². The van der Waals surface area contributed by atoms with Crippen molar-refractivity contribution in [2.24, 2.45) is 5.92 Å². The minimum absolute atomic E-state index is 0.251. The molecule has 2 N–H and O–H groups in total. The van der Waals surface area contributed by atoms with Crippen molar-refractivity contribution in [2.75, 3.05) is 31.4 Å². The van der Waals surface area contributed by atoms with Crippen LogP contribution in [-0.4, -0.2) is 49.3 Å². The van der Waals surface area contributed by atoms with Crippen LogP contribution in [0.2, 0.25) is 5.02 Å². The molecule has 8 nitrogen and oxygen atoms in total. The lowest BCUT2D eigenvalue weighted by molar-refractivity contribution is -0.137. The molecule has 2 spiro atoms. The average Bonchev–Trinajstić information content (AvgIpc) is 3.67. The standard InChI is InChI=1S/C30H26ClN3O5/c1-38-16-12-13-17(23(15-16)39-2)26(35)24-22-11-6-14-34(22)30(19-8-5-9-20(31)25(19)33-28(30)37)29(24)18-7-3-4-10-21(18)32-27(29)36/h3-5,7-10,12-13,15,22,24H,6,11,14H2,1-2H3,(H,32,36)(H,33,37)/t22-,24-,29+,30-/m1/s1. The van der Waals surface area contributed by atoms with Gasteiger partial charge in [-0.1, -0.05) is 41.9 Å². The molecule has 9 heteroatoms. The van der Waals surface area contributed by atoms with Gasteiger partial charge >= 0.3 is 0 Å². The topological polar surface area (TPSA) is 97.0 Å². The second-order valence-electron chi connectivity index (χ2n) is 10.4. The number of fused-ring (bicyclic) bond motifs is 7. The van der Waals surface area contributed by atoms with Gasteiger partial charge in [0.15, 0.2) is 5.78 Å². The summed E-state index contributed by atoms with van der Waals surface area (Å²) in [7, 11) is 3.04. The van der Waals surface area contributed by atoms with Crippen LogP contribution in [0.3, 0.4) is 0 Å². The summed E-state index contributed by atoms with van der Waals surface area (Å²) in [5.74, 6) is -0.939. The van der Waals surface area contributed by atoms with Gasteiger partial charge in [-0.05, 0) is 49.2 Å². The summed E-state index contributed by atoms with van der Waals surface area (Å²) in [5.41, 5.74) is -0.322. The van der Waals surface area contributed by atoms with E-state index in [9.17, 15) is 14.4 Å². The van der Waals surface area contributed by atoms with E-state index in [-0.39, 0.29) is 23.6 Å². The molecular weight excluding hydrogens is 518 g/mol. The Morgan fingerprint density at radius 2 is 1.77 bits per heavy atom. The summed E-state index contributed by atoms with van der Waals surface area (Å²) in [5, 5.41) is 6.43. The van der Waals surface area contributed by atoms with E-state index < -0.39 is 16.9 Å². The Kier molecular flexibility index (Phi) is 5.15. The zero-order valence-electron chi connectivity index (χ0n) is 21.4. The van der Waals surface area contributed by atoms with Gasteiger partial charge in [-0.3, -0.25) is 19.3 Å². The molecule has 3 aromatic rings. The van der Waals surface area contributed by atoms with Crippen molar-refractivity contribution in [2.45, 2.75) is 29.8 Å². The highest BCUT2D eigenvalue weighted by Gasteiger charge is 2.81. The molecule has 0 saturated carbocycles.